The second-order valence-electron chi connectivity index (χ2n) is 5.62. The Labute approximate surface area is 190 Å². The third kappa shape index (κ3) is 6.51. The molecule has 3 rings (SSSR count). The number of carbonyl (C=O) groups excluding carboxylic acids is 1. The van der Waals surface area contributed by atoms with Gasteiger partial charge in [-0.2, -0.15) is 4.98 Å². The minimum Gasteiger partial charge on any atom is -0.491 e. The Balaban J connectivity index is 1.85. The number of ether oxygens (including phenoxy) is 2. The Morgan fingerprint density at radius 2 is 2.00 bits per heavy atom. The molecule has 0 unspecified atom stereocenters. The highest BCUT2D eigenvalue weighted by molar-refractivity contribution is 5.99. The van der Waals surface area contributed by atoms with E-state index in [0.717, 1.165) is 19.4 Å². The van der Waals surface area contributed by atoms with E-state index in [1.807, 2.05) is 0 Å². The van der Waals surface area contributed by atoms with E-state index < -0.39 is 54.8 Å². The zero-order valence-corrected chi connectivity index (χ0v) is 16.2. The molecule has 1 aromatic heterocycles. The van der Waals surface area contributed by atoms with E-state index in [9.17, 15) is 9.18 Å². The summed E-state index contributed by atoms with van der Waals surface area (Å²) < 4.78 is 87.0. The van der Waals surface area contributed by atoms with E-state index in [1.54, 1.807) is 0 Å². The predicted octanol–water partition coefficient (Wildman–Crippen LogP) is 4.25. The Morgan fingerprint density at radius 1 is 1.23 bits per heavy atom. The van der Waals surface area contributed by atoms with Crippen LogP contribution in [0.5, 0.6) is 5.75 Å². The smallest absolute Gasteiger partial charge is 0.247 e. The van der Waals surface area contributed by atoms with Crippen LogP contribution in [0.4, 0.5) is 33.2 Å². The van der Waals surface area contributed by atoms with Crippen LogP contribution in [0.2, 0.25) is 0 Å². The van der Waals surface area contributed by atoms with Gasteiger partial charge in [0.1, 0.15) is 12.3 Å². The zero-order valence-electron chi connectivity index (χ0n) is 24.2. The molecule has 0 bridgehead atoms. The van der Waals surface area contributed by atoms with Gasteiger partial charge in [0.2, 0.25) is 11.9 Å². The molecule has 9 heteroatoms. The lowest BCUT2D eigenvalue weighted by Crippen LogP contribution is -2.07. The second-order valence-corrected chi connectivity index (χ2v) is 5.62. The van der Waals surface area contributed by atoms with Crippen molar-refractivity contribution >= 4 is 34.7 Å². The molecule has 160 valence electrons. The molecule has 0 fully saturated rings. The Kier molecular flexibility index (Phi) is 4.61. The van der Waals surface area contributed by atoms with Crippen molar-refractivity contribution in [3.8, 4) is 5.75 Å². The second kappa shape index (κ2) is 10.7. The van der Waals surface area contributed by atoms with Crippen LogP contribution in [-0.2, 0) is 9.53 Å². The molecule has 0 radical (unpaired) electrons. The molecule has 3 N–H and O–H groups in total. The van der Waals surface area contributed by atoms with Crippen molar-refractivity contribution in [1.29, 1.82) is 0 Å². The highest BCUT2D eigenvalue weighted by Gasteiger charge is 2.09. The van der Waals surface area contributed by atoms with Crippen LogP contribution in [0, 0.1) is 5.82 Å². The Morgan fingerprint density at radius 3 is 2.74 bits per heavy atom. The maximum atomic E-state index is 14.5. The molecular weight excluding hydrogens is 401 g/mol. The van der Waals surface area contributed by atoms with Gasteiger partial charge in [0.05, 0.1) is 23.7 Å². The van der Waals surface area contributed by atoms with E-state index in [-0.39, 0.29) is 23.1 Å². The van der Waals surface area contributed by atoms with Crippen LogP contribution in [0.15, 0.2) is 67.3 Å². The van der Waals surface area contributed by atoms with E-state index in [0.29, 0.717) is 5.69 Å². The third-order valence-corrected chi connectivity index (χ3v) is 3.47. The summed E-state index contributed by atoms with van der Waals surface area (Å²) in [6, 6.07) is 3.21. The number of carbonyl (C=O) groups is 1. The first-order chi connectivity index (χ1) is 18.2. The van der Waals surface area contributed by atoms with Crippen LogP contribution in [0.3, 0.4) is 0 Å². The van der Waals surface area contributed by atoms with Gasteiger partial charge in [0.15, 0.2) is 11.6 Å². The van der Waals surface area contributed by atoms with Crippen molar-refractivity contribution < 1.29 is 29.6 Å². The number of hydrogen-bond acceptors (Lipinski definition) is 7. The molecular formula is C22H22FN5O3. The first-order valence-corrected chi connectivity index (χ1v) is 8.65. The first kappa shape index (κ1) is 13.3. The van der Waals surface area contributed by atoms with Crippen LogP contribution >= 0.6 is 0 Å². The molecule has 0 aliphatic carbocycles. The van der Waals surface area contributed by atoms with Crippen LogP contribution in [0.1, 0.15) is 11.0 Å². The molecule has 1 heterocycles. The van der Waals surface area contributed by atoms with Gasteiger partial charge in [-0.25, -0.2) is 9.37 Å². The van der Waals surface area contributed by atoms with Crippen LogP contribution < -0.4 is 20.7 Å². The van der Waals surface area contributed by atoms with Gasteiger partial charge < -0.3 is 25.4 Å². The summed E-state index contributed by atoms with van der Waals surface area (Å²) >= 11 is 0. The van der Waals surface area contributed by atoms with Gasteiger partial charge in [-0.3, -0.25) is 4.79 Å². The van der Waals surface area contributed by atoms with Gasteiger partial charge in [-0.1, -0.05) is 12.6 Å². The number of amides is 1. The number of anilines is 5. The third-order valence-electron chi connectivity index (χ3n) is 3.47. The van der Waals surface area contributed by atoms with Gasteiger partial charge in [-0.05, 0) is 48.5 Å². The van der Waals surface area contributed by atoms with Crippen LogP contribution in [0.25, 0.3) is 0 Å². The summed E-state index contributed by atoms with van der Waals surface area (Å²) in [7, 11) is 1.01. The number of hydrogen-bond donors (Lipinski definition) is 3. The molecule has 31 heavy (non-hydrogen) atoms. The van der Waals surface area contributed by atoms with Crippen molar-refractivity contribution in [2.75, 3.05) is 36.2 Å². The SMILES string of the molecule is [2H]c1c([2H])c(NC(=O)C=C)c([2H])c(Nc2nc(Nc3ccc(OC([2H])([2H])C([2H])([2H])OC)cc3)ncc2F)c1[2H]. The highest BCUT2D eigenvalue weighted by atomic mass is 19.1. The molecule has 3 aromatic rings. The lowest BCUT2D eigenvalue weighted by Gasteiger charge is -2.11. The van der Waals surface area contributed by atoms with Gasteiger partial charge in [-0.15, -0.1) is 0 Å². The van der Waals surface area contributed by atoms with Gasteiger partial charge in [0.25, 0.3) is 0 Å². The standard InChI is InChI=1S/C22H22FN5O3/c1-3-20(29)25-16-5-4-6-17(13-16)26-21-19(23)14-24-22(28-21)27-15-7-9-18(10-8-15)31-12-11-30-2/h3-10,13-14H,1,11-12H2,2H3,(H,25,29)(H2,24,26,27,28)/i4D,5D,6D,11D2,12D2,13D. The molecule has 0 aliphatic heterocycles. The number of nitrogens with zero attached hydrogens (tertiary/aromatic N) is 2. The Hall–Kier alpha value is -3.98. The van der Waals surface area contributed by atoms with E-state index in [1.165, 1.54) is 24.3 Å². The maximum Gasteiger partial charge on any atom is 0.247 e. The molecule has 0 saturated carbocycles. The molecule has 2 aromatic carbocycles. The predicted molar refractivity (Wildman–Crippen MR) is 118 cm³/mol. The molecule has 1 amide bonds. The number of aromatic nitrogens is 2. The largest absolute Gasteiger partial charge is 0.491 e. The summed E-state index contributed by atoms with van der Waals surface area (Å²) in [5.74, 6) is -2.31. The number of nitrogens with one attached hydrogen (secondary N) is 3. The molecule has 8 nitrogen and oxygen atoms in total. The van der Waals surface area contributed by atoms with Crippen molar-refractivity contribution in [3.63, 3.8) is 0 Å². The highest BCUT2D eigenvalue weighted by Crippen LogP contribution is 2.23. The molecule has 0 saturated heterocycles. The monoisotopic (exact) mass is 431 g/mol. The fourth-order valence-corrected chi connectivity index (χ4v) is 2.13. The summed E-state index contributed by atoms with van der Waals surface area (Å²) in [6.07, 6.45) is 1.71. The maximum absolute atomic E-state index is 14.5. The average molecular weight is 431 g/mol. The summed E-state index contributed by atoms with van der Waals surface area (Å²) in [6.45, 7) is -2.23. The quantitative estimate of drug-likeness (QED) is 0.413. The minimum absolute atomic E-state index is 0.0109. The van der Waals surface area contributed by atoms with Crippen molar-refractivity contribution in [2.45, 2.75) is 0 Å². The summed E-state index contributed by atoms with van der Waals surface area (Å²) in [5, 5.41) is 7.47. The normalized spacial score (nSPS) is 14.9. The fraction of sp³-hybridized carbons (Fsp3) is 0.136. The van der Waals surface area contributed by atoms with E-state index in [2.05, 4.69) is 37.2 Å². The first-order valence-electron chi connectivity index (χ1n) is 12.6. The average Bonchev–Trinajstić information content (AvgIpc) is 2.90. The van der Waals surface area contributed by atoms with Gasteiger partial charge in [0, 0.05) is 24.2 Å². The fourth-order valence-electron chi connectivity index (χ4n) is 2.13. The topological polar surface area (TPSA) is 97.4 Å². The van der Waals surface area contributed by atoms with E-state index >= 15 is 0 Å². The van der Waals surface area contributed by atoms with Crippen molar-refractivity contribution in [3.05, 3.63) is 73.1 Å². The van der Waals surface area contributed by atoms with Crippen molar-refractivity contribution in [1.82, 2.24) is 9.97 Å². The van der Waals surface area contributed by atoms with Crippen molar-refractivity contribution in [2.24, 2.45) is 0 Å². The van der Waals surface area contributed by atoms with E-state index in [4.69, 9.17) is 15.7 Å². The number of methoxy groups -OCH3 is 1. The molecule has 0 aliphatic rings. The number of rotatable bonds is 10. The zero-order chi connectivity index (χ0) is 29.1. The summed E-state index contributed by atoms with van der Waals surface area (Å²) in [4.78, 5) is 19.5. The molecule has 0 spiro atoms. The Bertz CT molecular complexity index is 1410. The van der Waals surface area contributed by atoms with Crippen LogP contribution in [-0.4, -0.2) is 36.1 Å². The van der Waals surface area contributed by atoms with Gasteiger partial charge >= 0.3 is 0 Å². The minimum atomic E-state index is -2.80. The lowest BCUT2D eigenvalue weighted by atomic mass is 10.2. The summed E-state index contributed by atoms with van der Waals surface area (Å²) in [5.41, 5.74) is -0.397. The molecule has 0 atom stereocenters. The number of benzene rings is 2. The lowest BCUT2D eigenvalue weighted by molar-refractivity contribution is -0.111. The number of halogens is 1.